The number of aliphatic hydroxyl groups excluding tert-OH is 1. The Kier molecular flexibility index (Phi) is 7.04. The van der Waals surface area contributed by atoms with Crippen molar-refractivity contribution in [2.24, 2.45) is 5.41 Å². The van der Waals surface area contributed by atoms with Gasteiger partial charge in [0.1, 0.15) is 6.29 Å². The number of carbonyl (C=O) groups is 2. The Morgan fingerprint density at radius 2 is 2.03 bits per heavy atom. The van der Waals surface area contributed by atoms with E-state index in [4.69, 9.17) is 11.6 Å². The van der Waals surface area contributed by atoms with Crippen molar-refractivity contribution in [3.63, 3.8) is 0 Å². The van der Waals surface area contributed by atoms with Gasteiger partial charge in [-0.25, -0.2) is 9.89 Å². The molecule has 3 N–H and O–H groups in total. The molecule has 1 heterocycles. The number of hydrogen-bond acceptors (Lipinski definition) is 6. The topological polar surface area (TPSA) is 125 Å². The number of hydrogen-bond donors (Lipinski definition) is 3. The minimum atomic E-state index is -1.04. The summed E-state index contributed by atoms with van der Waals surface area (Å²) in [5.41, 5.74) is 1.83. The molecular weight excluding hydrogens is 422 g/mol. The summed E-state index contributed by atoms with van der Waals surface area (Å²) in [6.45, 7) is 1.24. The van der Waals surface area contributed by atoms with Gasteiger partial charge in [-0.1, -0.05) is 54.9 Å². The molecule has 0 aliphatic carbocycles. The van der Waals surface area contributed by atoms with Gasteiger partial charge in [-0.05, 0) is 41.7 Å². The third-order valence-corrected chi connectivity index (χ3v) is 5.16. The maximum atomic E-state index is 12.4. The highest BCUT2D eigenvalue weighted by molar-refractivity contribution is 6.30. The fraction of sp³-hybridized carbons (Fsp3) is 0.273. The molecule has 162 valence electrons. The molecule has 0 radical (unpaired) electrons. The second-order valence-electron chi connectivity index (χ2n) is 7.63. The van der Waals surface area contributed by atoms with E-state index in [9.17, 15) is 19.5 Å². The number of aromatic nitrogens is 2. The number of aromatic amines is 1. The molecule has 3 aromatic rings. The van der Waals surface area contributed by atoms with Crippen LogP contribution in [0.5, 0.6) is 0 Å². The average molecular weight is 444 g/mol. The fourth-order valence-corrected chi connectivity index (χ4v) is 3.44. The van der Waals surface area contributed by atoms with Gasteiger partial charge in [0.2, 0.25) is 0 Å². The first-order chi connectivity index (χ1) is 14.8. The zero-order valence-electron chi connectivity index (χ0n) is 16.8. The van der Waals surface area contributed by atoms with Gasteiger partial charge in [-0.2, -0.15) is 0 Å². The van der Waals surface area contributed by atoms with Crippen molar-refractivity contribution >= 4 is 23.8 Å². The summed E-state index contributed by atoms with van der Waals surface area (Å²) >= 11 is 6.06. The summed E-state index contributed by atoms with van der Waals surface area (Å²) in [7, 11) is 0. The molecular formula is C22H22ClN3O5. The van der Waals surface area contributed by atoms with Crippen molar-refractivity contribution < 1.29 is 19.1 Å². The van der Waals surface area contributed by atoms with E-state index in [2.05, 4.69) is 14.8 Å². The number of aliphatic hydroxyl groups is 1. The number of H-pyrrole nitrogens is 1. The van der Waals surface area contributed by atoms with Gasteiger partial charge in [-0.15, -0.1) is 5.10 Å². The zero-order valence-corrected chi connectivity index (χ0v) is 17.6. The Labute approximate surface area is 183 Å². The van der Waals surface area contributed by atoms with Gasteiger partial charge < -0.3 is 19.6 Å². The maximum absolute atomic E-state index is 12.4. The van der Waals surface area contributed by atoms with Crippen LogP contribution in [0.25, 0.3) is 11.1 Å². The van der Waals surface area contributed by atoms with E-state index >= 15 is 0 Å². The first kappa shape index (κ1) is 22.5. The highest BCUT2D eigenvalue weighted by Gasteiger charge is 2.29. The van der Waals surface area contributed by atoms with Crippen molar-refractivity contribution in [2.75, 3.05) is 6.61 Å². The molecule has 0 aliphatic heterocycles. The Morgan fingerprint density at radius 3 is 2.61 bits per heavy atom. The third-order valence-electron chi connectivity index (χ3n) is 4.92. The molecule has 0 spiro atoms. The van der Waals surface area contributed by atoms with Crippen molar-refractivity contribution in [1.82, 2.24) is 15.5 Å². The molecule has 31 heavy (non-hydrogen) atoms. The third kappa shape index (κ3) is 5.90. The molecule has 2 atom stereocenters. The predicted octanol–water partition coefficient (Wildman–Crippen LogP) is 2.61. The molecule has 2 aromatic carbocycles. The van der Waals surface area contributed by atoms with E-state index in [1.54, 1.807) is 13.0 Å². The SMILES string of the molecule is CC(C=O)(CO)CC(Cc1ccc(-c2cccc(Cl)c2)cc1)NC(=O)c1n[nH]c(=O)o1. The standard InChI is InChI=1S/C22H22ClN3O5/c1-22(12-27,13-28)11-18(24-19(29)20-25-26-21(30)31-20)9-14-5-7-15(8-6-14)16-3-2-4-17(23)10-16/h2-8,10,12,18,28H,9,11,13H2,1H3,(H,24,29)(H,26,30). The summed E-state index contributed by atoms with van der Waals surface area (Å²) < 4.78 is 4.69. The van der Waals surface area contributed by atoms with Crippen LogP contribution in [-0.2, 0) is 11.2 Å². The molecule has 2 unspecified atom stereocenters. The van der Waals surface area contributed by atoms with Crippen LogP contribution in [0.2, 0.25) is 5.02 Å². The van der Waals surface area contributed by atoms with E-state index in [0.717, 1.165) is 16.7 Å². The van der Waals surface area contributed by atoms with Gasteiger partial charge >= 0.3 is 17.6 Å². The second-order valence-corrected chi connectivity index (χ2v) is 8.07. The van der Waals surface area contributed by atoms with Crippen molar-refractivity contribution in [2.45, 2.75) is 25.8 Å². The number of rotatable bonds is 9. The van der Waals surface area contributed by atoms with Crippen LogP contribution in [0.3, 0.4) is 0 Å². The van der Waals surface area contributed by atoms with E-state index < -0.39 is 29.0 Å². The van der Waals surface area contributed by atoms with Crippen LogP contribution in [0.4, 0.5) is 0 Å². The Morgan fingerprint density at radius 1 is 1.29 bits per heavy atom. The minimum Gasteiger partial charge on any atom is -0.395 e. The molecule has 1 aromatic heterocycles. The number of aldehydes is 1. The number of amides is 1. The summed E-state index contributed by atoms with van der Waals surface area (Å²) in [4.78, 5) is 35.0. The quantitative estimate of drug-likeness (QED) is 0.436. The number of nitrogens with zero attached hydrogens (tertiary/aromatic N) is 1. The zero-order chi connectivity index (χ0) is 22.4. The van der Waals surface area contributed by atoms with E-state index in [-0.39, 0.29) is 13.0 Å². The monoisotopic (exact) mass is 443 g/mol. The molecule has 0 aliphatic rings. The molecule has 0 bridgehead atoms. The maximum Gasteiger partial charge on any atom is 0.434 e. The summed E-state index contributed by atoms with van der Waals surface area (Å²) in [6, 6.07) is 14.7. The van der Waals surface area contributed by atoms with Crippen LogP contribution in [0.15, 0.2) is 57.7 Å². The van der Waals surface area contributed by atoms with Crippen LogP contribution in [0.1, 0.15) is 29.6 Å². The minimum absolute atomic E-state index is 0.184. The Bertz CT molecular complexity index is 1110. The average Bonchev–Trinajstić information content (AvgIpc) is 3.20. The van der Waals surface area contributed by atoms with Gasteiger partial charge in [-0.3, -0.25) is 4.79 Å². The molecule has 1 amide bonds. The number of benzene rings is 2. The smallest absolute Gasteiger partial charge is 0.395 e. The fourth-order valence-electron chi connectivity index (χ4n) is 3.25. The number of halogens is 1. The predicted molar refractivity (Wildman–Crippen MR) is 115 cm³/mol. The number of carbonyl (C=O) groups excluding carboxylic acids is 2. The summed E-state index contributed by atoms with van der Waals surface area (Å²) in [5.74, 6) is -1.93. The van der Waals surface area contributed by atoms with Gasteiger partial charge in [0.15, 0.2) is 0 Å². The summed E-state index contributed by atoms with van der Waals surface area (Å²) in [6.07, 6.45) is 1.24. The normalized spacial score (nSPS) is 13.9. The van der Waals surface area contributed by atoms with Gasteiger partial charge in [0.25, 0.3) is 0 Å². The Balaban J connectivity index is 1.79. The largest absolute Gasteiger partial charge is 0.434 e. The first-order valence-electron chi connectivity index (χ1n) is 9.60. The first-order valence-corrected chi connectivity index (χ1v) is 9.98. The lowest BCUT2D eigenvalue weighted by molar-refractivity contribution is -0.118. The van der Waals surface area contributed by atoms with Crippen molar-refractivity contribution in [3.05, 3.63) is 75.6 Å². The van der Waals surface area contributed by atoms with E-state index in [0.29, 0.717) is 17.7 Å². The van der Waals surface area contributed by atoms with Crippen LogP contribution in [-0.4, -0.2) is 40.1 Å². The Hall–Kier alpha value is -3.23. The molecule has 8 nitrogen and oxygen atoms in total. The van der Waals surface area contributed by atoms with E-state index in [1.807, 2.05) is 47.6 Å². The van der Waals surface area contributed by atoms with Crippen molar-refractivity contribution in [3.8, 4) is 11.1 Å². The van der Waals surface area contributed by atoms with Crippen LogP contribution < -0.4 is 11.1 Å². The molecule has 0 fully saturated rings. The number of nitrogens with one attached hydrogen (secondary N) is 2. The van der Waals surface area contributed by atoms with Crippen LogP contribution in [0, 0.1) is 5.41 Å². The molecule has 9 heteroatoms. The molecule has 0 saturated carbocycles. The second kappa shape index (κ2) is 9.72. The highest BCUT2D eigenvalue weighted by Crippen LogP contribution is 2.25. The van der Waals surface area contributed by atoms with Gasteiger partial charge in [0.05, 0.1) is 6.61 Å². The van der Waals surface area contributed by atoms with Crippen LogP contribution >= 0.6 is 11.6 Å². The lowest BCUT2D eigenvalue weighted by atomic mass is 9.84. The van der Waals surface area contributed by atoms with Crippen molar-refractivity contribution in [1.29, 1.82) is 0 Å². The molecule has 3 rings (SSSR count). The highest BCUT2D eigenvalue weighted by atomic mass is 35.5. The molecule has 0 saturated heterocycles. The lowest BCUT2D eigenvalue weighted by Crippen LogP contribution is -2.42. The lowest BCUT2D eigenvalue weighted by Gasteiger charge is -2.27. The van der Waals surface area contributed by atoms with Gasteiger partial charge in [0, 0.05) is 16.5 Å². The summed E-state index contributed by atoms with van der Waals surface area (Å²) in [5, 5.41) is 18.5. The van der Waals surface area contributed by atoms with E-state index in [1.165, 1.54) is 0 Å².